The lowest BCUT2D eigenvalue weighted by Gasteiger charge is -1.98. The zero-order valence-corrected chi connectivity index (χ0v) is 6.76. The summed E-state index contributed by atoms with van der Waals surface area (Å²) in [6.45, 7) is 6.32. The first kappa shape index (κ1) is 7.26. The zero-order valence-electron chi connectivity index (χ0n) is 6.76. The molecule has 1 nitrogen and oxygen atoms in total. The molecule has 0 saturated heterocycles. The first-order chi connectivity index (χ1) is 4.74. The SMILES string of the molecule is C/C=C1\C=CC(C(C)C)=N1. The molecule has 0 spiro atoms. The topological polar surface area (TPSA) is 12.4 Å². The van der Waals surface area contributed by atoms with Crippen molar-refractivity contribution in [2.45, 2.75) is 20.8 Å². The van der Waals surface area contributed by atoms with Gasteiger partial charge in [0.2, 0.25) is 0 Å². The molecular weight excluding hydrogens is 122 g/mol. The minimum atomic E-state index is 0.550. The predicted octanol–water partition coefficient (Wildman–Crippen LogP) is 2.56. The lowest BCUT2D eigenvalue weighted by Crippen LogP contribution is -2.00. The first-order valence-electron chi connectivity index (χ1n) is 3.67. The van der Waals surface area contributed by atoms with Crippen molar-refractivity contribution in [3.05, 3.63) is 23.9 Å². The number of hydrogen-bond donors (Lipinski definition) is 0. The van der Waals surface area contributed by atoms with Crippen LogP contribution in [0.2, 0.25) is 0 Å². The van der Waals surface area contributed by atoms with E-state index >= 15 is 0 Å². The molecule has 1 aliphatic rings. The van der Waals surface area contributed by atoms with Gasteiger partial charge in [0.15, 0.2) is 0 Å². The van der Waals surface area contributed by atoms with Gasteiger partial charge < -0.3 is 0 Å². The van der Waals surface area contributed by atoms with Crippen molar-refractivity contribution in [2.24, 2.45) is 10.9 Å². The van der Waals surface area contributed by atoms with E-state index in [4.69, 9.17) is 0 Å². The first-order valence-corrected chi connectivity index (χ1v) is 3.67. The molecule has 1 heteroatoms. The van der Waals surface area contributed by atoms with E-state index in [-0.39, 0.29) is 0 Å². The van der Waals surface area contributed by atoms with Crippen LogP contribution in [0.5, 0.6) is 0 Å². The highest BCUT2D eigenvalue weighted by atomic mass is 14.8. The van der Waals surface area contributed by atoms with Crippen LogP contribution in [0.4, 0.5) is 0 Å². The van der Waals surface area contributed by atoms with Crippen molar-refractivity contribution in [1.29, 1.82) is 0 Å². The molecule has 0 aromatic carbocycles. The second-order valence-corrected chi connectivity index (χ2v) is 2.74. The Morgan fingerprint density at radius 1 is 1.40 bits per heavy atom. The Bertz CT molecular complexity index is 207. The van der Waals surface area contributed by atoms with Crippen molar-refractivity contribution in [3.63, 3.8) is 0 Å². The molecule has 1 rings (SSSR count). The van der Waals surface area contributed by atoms with Gasteiger partial charge in [0.25, 0.3) is 0 Å². The highest BCUT2D eigenvalue weighted by Crippen LogP contribution is 2.12. The van der Waals surface area contributed by atoms with Crippen LogP contribution >= 0.6 is 0 Å². The molecular formula is C9H13N. The minimum absolute atomic E-state index is 0.550. The average Bonchev–Trinajstić information content (AvgIpc) is 2.34. The Morgan fingerprint density at radius 2 is 2.10 bits per heavy atom. The maximum Gasteiger partial charge on any atom is 0.0591 e. The summed E-state index contributed by atoms with van der Waals surface area (Å²) >= 11 is 0. The number of nitrogens with zero attached hydrogens (tertiary/aromatic N) is 1. The van der Waals surface area contributed by atoms with Gasteiger partial charge in [-0.15, -0.1) is 0 Å². The Morgan fingerprint density at radius 3 is 2.40 bits per heavy atom. The molecule has 0 unspecified atom stereocenters. The Kier molecular flexibility index (Phi) is 2.05. The summed E-state index contributed by atoms with van der Waals surface area (Å²) in [7, 11) is 0. The van der Waals surface area contributed by atoms with E-state index in [1.54, 1.807) is 0 Å². The van der Waals surface area contributed by atoms with Crippen molar-refractivity contribution < 1.29 is 0 Å². The fourth-order valence-electron chi connectivity index (χ4n) is 0.877. The largest absolute Gasteiger partial charge is 0.254 e. The lowest BCUT2D eigenvalue weighted by molar-refractivity contribution is 0.890. The van der Waals surface area contributed by atoms with Gasteiger partial charge in [0.1, 0.15) is 0 Å². The van der Waals surface area contributed by atoms with E-state index < -0.39 is 0 Å². The normalized spacial score (nSPS) is 20.8. The number of rotatable bonds is 1. The molecule has 10 heavy (non-hydrogen) atoms. The van der Waals surface area contributed by atoms with Crippen LogP contribution in [-0.4, -0.2) is 5.71 Å². The molecule has 0 amide bonds. The molecule has 0 saturated carbocycles. The Labute approximate surface area is 62.2 Å². The number of aliphatic imine (C=N–C) groups is 1. The monoisotopic (exact) mass is 135 g/mol. The molecule has 0 aromatic rings. The highest BCUT2D eigenvalue weighted by molar-refractivity contribution is 5.99. The van der Waals surface area contributed by atoms with Crippen molar-refractivity contribution in [3.8, 4) is 0 Å². The molecule has 0 aromatic heterocycles. The van der Waals surface area contributed by atoms with E-state index in [9.17, 15) is 0 Å². The van der Waals surface area contributed by atoms with Gasteiger partial charge in [-0.05, 0) is 25.0 Å². The molecule has 0 radical (unpaired) electrons. The summed E-state index contributed by atoms with van der Waals surface area (Å²) < 4.78 is 0. The quantitative estimate of drug-likeness (QED) is 0.524. The standard InChI is InChI=1S/C9H13N/c1-4-8-5-6-9(10-8)7(2)3/h4-7H,1-3H3/b8-4+. The molecule has 0 aliphatic carbocycles. The maximum atomic E-state index is 4.37. The van der Waals surface area contributed by atoms with Gasteiger partial charge >= 0.3 is 0 Å². The lowest BCUT2D eigenvalue weighted by atomic mass is 10.1. The van der Waals surface area contributed by atoms with Crippen LogP contribution in [0.1, 0.15) is 20.8 Å². The molecule has 0 atom stereocenters. The van der Waals surface area contributed by atoms with E-state index in [1.165, 1.54) is 5.71 Å². The maximum absolute atomic E-state index is 4.37. The molecule has 1 aliphatic heterocycles. The van der Waals surface area contributed by atoms with E-state index in [2.05, 4.69) is 31.0 Å². The van der Waals surface area contributed by atoms with E-state index in [1.807, 2.05) is 13.0 Å². The van der Waals surface area contributed by atoms with Crippen molar-refractivity contribution in [1.82, 2.24) is 0 Å². The fraction of sp³-hybridized carbons (Fsp3) is 0.444. The van der Waals surface area contributed by atoms with E-state index in [0.717, 1.165) is 5.70 Å². The third-order valence-corrected chi connectivity index (χ3v) is 1.57. The third kappa shape index (κ3) is 1.35. The summed E-state index contributed by atoms with van der Waals surface area (Å²) in [5, 5.41) is 0. The summed E-state index contributed by atoms with van der Waals surface area (Å²) in [4.78, 5) is 4.37. The number of hydrogen-bond acceptors (Lipinski definition) is 1. The smallest absolute Gasteiger partial charge is 0.0591 e. The average molecular weight is 135 g/mol. The highest BCUT2D eigenvalue weighted by Gasteiger charge is 2.05. The van der Waals surface area contributed by atoms with Crippen molar-refractivity contribution >= 4 is 5.71 Å². The molecule has 54 valence electrons. The molecule has 0 fully saturated rings. The minimum Gasteiger partial charge on any atom is -0.254 e. The Hall–Kier alpha value is -0.850. The van der Waals surface area contributed by atoms with Crippen LogP contribution in [-0.2, 0) is 0 Å². The molecule has 0 bridgehead atoms. The number of allylic oxidation sites excluding steroid dienone is 3. The molecule has 0 N–H and O–H groups in total. The van der Waals surface area contributed by atoms with Crippen LogP contribution < -0.4 is 0 Å². The van der Waals surface area contributed by atoms with Crippen molar-refractivity contribution in [2.75, 3.05) is 0 Å². The van der Waals surface area contributed by atoms with E-state index in [0.29, 0.717) is 5.92 Å². The summed E-state index contributed by atoms with van der Waals surface area (Å²) in [6, 6.07) is 0. The van der Waals surface area contributed by atoms with Gasteiger partial charge in [-0.1, -0.05) is 19.9 Å². The zero-order chi connectivity index (χ0) is 7.56. The summed E-state index contributed by atoms with van der Waals surface area (Å²) in [6.07, 6.45) is 6.15. The van der Waals surface area contributed by atoms with Gasteiger partial charge in [0, 0.05) is 5.71 Å². The van der Waals surface area contributed by atoms with Crippen LogP contribution in [0.15, 0.2) is 28.9 Å². The van der Waals surface area contributed by atoms with Crippen LogP contribution in [0.25, 0.3) is 0 Å². The van der Waals surface area contributed by atoms with Crippen LogP contribution in [0.3, 0.4) is 0 Å². The third-order valence-electron chi connectivity index (χ3n) is 1.57. The van der Waals surface area contributed by atoms with Crippen LogP contribution in [0, 0.1) is 5.92 Å². The van der Waals surface area contributed by atoms with Gasteiger partial charge in [0.05, 0.1) is 5.70 Å². The molecule has 1 heterocycles. The van der Waals surface area contributed by atoms with Gasteiger partial charge in [-0.3, -0.25) is 4.99 Å². The fourth-order valence-corrected chi connectivity index (χ4v) is 0.877. The second kappa shape index (κ2) is 2.82. The predicted molar refractivity (Wildman–Crippen MR) is 45.2 cm³/mol. The van der Waals surface area contributed by atoms with Gasteiger partial charge in [-0.25, -0.2) is 0 Å². The second-order valence-electron chi connectivity index (χ2n) is 2.74. The summed E-state index contributed by atoms with van der Waals surface area (Å²) in [5.41, 5.74) is 2.27. The Balaban J connectivity index is 2.78. The summed E-state index contributed by atoms with van der Waals surface area (Å²) in [5.74, 6) is 0.550. The van der Waals surface area contributed by atoms with Gasteiger partial charge in [-0.2, -0.15) is 0 Å².